The molecule has 0 radical (unpaired) electrons. The largest absolute Gasteiger partial charge is 0.469 e. The molecular formula is C10H10F2INO2. The molecule has 0 saturated heterocycles. The lowest BCUT2D eigenvalue weighted by Crippen LogP contribution is -2.09. The van der Waals surface area contributed by atoms with Crippen molar-refractivity contribution >= 4 is 28.6 Å². The van der Waals surface area contributed by atoms with Gasteiger partial charge in [-0.1, -0.05) is 0 Å². The molecule has 1 aromatic heterocycles. The van der Waals surface area contributed by atoms with Crippen molar-refractivity contribution in [3.8, 4) is 0 Å². The van der Waals surface area contributed by atoms with E-state index in [1.165, 1.54) is 20.1 Å². The first-order chi connectivity index (χ1) is 7.45. The van der Waals surface area contributed by atoms with Crippen LogP contribution in [-0.2, 0) is 16.0 Å². The number of aryl methyl sites for hydroxylation is 1. The molecule has 0 amide bonds. The lowest BCUT2D eigenvalue weighted by Gasteiger charge is -2.09. The van der Waals surface area contributed by atoms with E-state index in [2.05, 4.69) is 9.72 Å². The molecule has 0 N–H and O–H groups in total. The highest BCUT2D eigenvalue weighted by Gasteiger charge is 2.17. The van der Waals surface area contributed by atoms with Gasteiger partial charge in [-0.15, -0.1) is 0 Å². The van der Waals surface area contributed by atoms with Crippen LogP contribution in [0.3, 0.4) is 0 Å². The highest BCUT2D eigenvalue weighted by molar-refractivity contribution is 14.1. The van der Waals surface area contributed by atoms with Crippen LogP contribution < -0.4 is 0 Å². The Morgan fingerprint density at radius 1 is 1.62 bits per heavy atom. The van der Waals surface area contributed by atoms with Gasteiger partial charge in [0.25, 0.3) is 6.43 Å². The Balaban J connectivity index is 3.05. The second kappa shape index (κ2) is 5.51. The minimum Gasteiger partial charge on any atom is -0.469 e. The average molecular weight is 341 g/mol. The summed E-state index contributed by atoms with van der Waals surface area (Å²) in [7, 11) is 1.27. The molecule has 1 rings (SSSR count). The Morgan fingerprint density at radius 3 is 2.69 bits per heavy atom. The number of rotatable bonds is 3. The summed E-state index contributed by atoms with van der Waals surface area (Å²) >= 11 is 1.81. The Bertz CT molecular complexity index is 387. The van der Waals surface area contributed by atoms with E-state index in [9.17, 15) is 13.6 Å². The van der Waals surface area contributed by atoms with E-state index in [1.54, 1.807) is 0 Å². The van der Waals surface area contributed by atoms with Gasteiger partial charge >= 0.3 is 5.97 Å². The Labute approximate surface area is 105 Å². The van der Waals surface area contributed by atoms with E-state index in [1.807, 2.05) is 22.6 Å². The lowest BCUT2D eigenvalue weighted by atomic mass is 10.1. The molecule has 6 heteroatoms. The zero-order valence-corrected chi connectivity index (χ0v) is 10.9. The van der Waals surface area contributed by atoms with Gasteiger partial charge in [0.05, 0.1) is 24.8 Å². The highest BCUT2D eigenvalue weighted by Crippen LogP contribution is 2.27. The van der Waals surface area contributed by atoms with E-state index >= 15 is 0 Å². The number of esters is 1. The van der Waals surface area contributed by atoms with E-state index in [0.717, 1.165) is 0 Å². The first-order valence-electron chi connectivity index (χ1n) is 4.46. The highest BCUT2D eigenvalue weighted by atomic mass is 127. The summed E-state index contributed by atoms with van der Waals surface area (Å²) in [5.74, 6) is -0.438. The first-order valence-corrected chi connectivity index (χ1v) is 5.54. The number of alkyl halides is 2. The number of methoxy groups -OCH3 is 1. The quantitative estimate of drug-likeness (QED) is 0.627. The Kier molecular flexibility index (Phi) is 4.57. The molecule has 3 nitrogen and oxygen atoms in total. The van der Waals surface area contributed by atoms with Crippen LogP contribution in [0.2, 0.25) is 0 Å². The molecule has 88 valence electrons. The van der Waals surface area contributed by atoms with E-state index < -0.39 is 12.4 Å². The number of nitrogens with zero attached hydrogens (tertiary/aromatic N) is 1. The summed E-state index contributed by atoms with van der Waals surface area (Å²) in [4.78, 5) is 15.0. The van der Waals surface area contributed by atoms with Crippen molar-refractivity contribution in [2.24, 2.45) is 0 Å². The normalized spacial score (nSPS) is 10.6. The molecule has 0 aromatic carbocycles. The lowest BCUT2D eigenvalue weighted by molar-refractivity contribution is -0.139. The van der Waals surface area contributed by atoms with Crippen LogP contribution in [0.1, 0.15) is 23.4 Å². The van der Waals surface area contributed by atoms with Gasteiger partial charge in [0, 0.05) is 9.26 Å². The molecule has 0 aliphatic rings. The molecule has 0 aliphatic carbocycles. The van der Waals surface area contributed by atoms with Crippen molar-refractivity contribution < 1.29 is 18.3 Å². The second-order valence-corrected chi connectivity index (χ2v) is 4.31. The molecule has 0 fully saturated rings. The predicted molar refractivity (Wildman–Crippen MR) is 62.4 cm³/mol. The van der Waals surface area contributed by atoms with Crippen LogP contribution in [0.25, 0.3) is 0 Å². The molecule has 0 atom stereocenters. The summed E-state index contributed by atoms with van der Waals surface area (Å²) in [5.41, 5.74) is 0.619. The molecule has 0 saturated carbocycles. The van der Waals surface area contributed by atoms with Gasteiger partial charge < -0.3 is 4.74 Å². The van der Waals surface area contributed by atoms with Gasteiger partial charge in [0.1, 0.15) is 0 Å². The Morgan fingerprint density at radius 2 is 2.25 bits per heavy atom. The van der Waals surface area contributed by atoms with Gasteiger partial charge in [-0.2, -0.15) is 0 Å². The topological polar surface area (TPSA) is 39.2 Å². The van der Waals surface area contributed by atoms with Crippen LogP contribution in [0, 0.1) is 10.5 Å². The number of aromatic nitrogens is 1. The molecule has 0 aliphatic heterocycles. The fourth-order valence-corrected chi connectivity index (χ4v) is 2.26. The van der Waals surface area contributed by atoms with Gasteiger partial charge in [-0.05, 0) is 35.6 Å². The van der Waals surface area contributed by atoms with Crippen LogP contribution >= 0.6 is 22.6 Å². The molecule has 1 heterocycles. The van der Waals surface area contributed by atoms with Crippen LogP contribution in [0.5, 0.6) is 0 Å². The van der Waals surface area contributed by atoms with Crippen LogP contribution in [-0.4, -0.2) is 18.1 Å². The molecule has 1 aromatic rings. The third kappa shape index (κ3) is 3.10. The molecule has 16 heavy (non-hydrogen) atoms. The van der Waals surface area contributed by atoms with Gasteiger partial charge in [0.2, 0.25) is 0 Å². The number of carbonyl (C=O) groups is 1. The smallest absolute Gasteiger partial charge is 0.311 e. The average Bonchev–Trinajstić information content (AvgIpc) is 2.15. The van der Waals surface area contributed by atoms with E-state index in [4.69, 9.17) is 0 Å². The maximum Gasteiger partial charge on any atom is 0.311 e. The number of halogens is 3. The van der Waals surface area contributed by atoms with E-state index in [0.29, 0.717) is 9.26 Å². The van der Waals surface area contributed by atoms with Gasteiger partial charge in [-0.3, -0.25) is 9.78 Å². The maximum atomic E-state index is 12.6. The number of hydrogen-bond acceptors (Lipinski definition) is 3. The van der Waals surface area contributed by atoms with Crippen molar-refractivity contribution in [3.63, 3.8) is 0 Å². The fourth-order valence-electron chi connectivity index (χ4n) is 1.28. The molecule has 0 bridgehead atoms. The minimum absolute atomic E-state index is 0.00312. The van der Waals surface area contributed by atoms with Crippen molar-refractivity contribution in [1.82, 2.24) is 4.98 Å². The summed E-state index contributed by atoms with van der Waals surface area (Å²) in [6, 6.07) is 1.48. The first kappa shape index (κ1) is 13.3. The molecule has 0 spiro atoms. The van der Waals surface area contributed by atoms with Crippen molar-refractivity contribution in [2.45, 2.75) is 19.8 Å². The van der Waals surface area contributed by atoms with Crippen molar-refractivity contribution in [2.75, 3.05) is 7.11 Å². The van der Waals surface area contributed by atoms with E-state index in [-0.39, 0.29) is 17.7 Å². The third-order valence-electron chi connectivity index (χ3n) is 2.02. The zero-order valence-electron chi connectivity index (χ0n) is 8.76. The number of carbonyl (C=O) groups excluding carboxylic acids is 1. The Hall–Kier alpha value is -0.790. The monoisotopic (exact) mass is 341 g/mol. The van der Waals surface area contributed by atoms with Crippen molar-refractivity contribution in [3.05, 3.63) is 26.6 Å². The summed E-state index contributed by atoms with van der Waals surface area (Å²) in [6.45, 7) is 1.50. The summed E-state index contributed by atoms with van der Waals surface area (Å²) in [5, 5.41) is 0. The fraction of sp³-hybridized carbons (Fsp3) is 0.400. The zero-order chi connectivity index (χ0) is 12.3. The van der Waals surface area contributed by atoms with Gasteiger partial charge in [-0.25, -0.2) is 8.78 Å². The summed E-state index contributed by atoms with van der Waals surface area (Å²) in [6.07, 6.45) is -2.55. The predicted octanol–water partition coefficient (Wildman–Crippen LogP) is 2.65. The molecule has 0 unspecified atom stereocenters. The number of hydrogen-bond donors (Lipinski definition) is 0. The van der Waals surface area contributed by atoms with Crippen molar-refractivity contribution in [1.29, 1.82) is 0 Å². The second-order valence-electron chi connectivity index (χ2n) is 3.15. The van der Waals surface area contributed by atoms with Crippen LogP contribution in [0.15, 0.2) is 6.07 Å². The molecular weight excluding hydrogens is 331 g/mol. The summed E-state index contributed by atoms with van der Waals surface area (Å²) < 4.78 is 30.1. The SMILES string of the molecule is COC(=O)Cc1cc(I)c(C(F)F)c(C)n1. The van der Waals surface area contributed by atoms with Crippen LogP contribution in [0.4, 0.5) is 8.78 Å². The number of ether oxygens (including phenoxy) is 1. The maximum absolute atomic E-state index is 12.6. The standard InChI is InChI=1S/C10H10F2INO2/c1-5-9(10(11)12)7(13)3-6(14-5)4-8(15)16-2/h3,10H,4H2,1-2H3. The number of pyridine rings is 1. The van der Waals surface area contributed by atoms with Gasteiger partial charge in [0.15, 0.2) is 0 Å². The minimum atomic E-state index is -2.55. The third-order valence-corrected chi connectivity index (χ3v) is 2.92.